The Morgan fingerprint density at radius 2 is 2.05 bits per heavy atom. The summed E-state index contributed by atoms with van der Waals surface area (Å²) in [6, 6.07) is 1.97. The topological polar surface area (TPSA) is 90.9 Å². The first-order chi connectivity index (χ1) is 9.88. The van der Waals surface area contributed by atoms with Gasteiger partial charge in [-0.3, -0.25) is 14.2 Å². The largest absolute Gasteiger partial charge is 0.368 e. The average Bonchev–Trinajstić information content (AvgIpc) is 2.72. The minimum absolute atomic E-state index is 0.159. The van der Waals surface area contributed by atoms with Gasteiger partial charge in [0.05, 0.1) is 5.52 Å². The fourth-order valence-electron chi connectivity index (χ4n) is 2.51. The number of hydrogen-bond donors (Lipinski definition) is 1. The molecule has 0 saturated carbocycles. The van der Waals surface area contributed by atoms with Gasteiger partial charge in [0.2, 0.25) is 5.91 Å². The van der Waals surface area contributed by atoms with Gasteiger partial charge < -0.3 is 5.73 Å². The summed E-state index contributed by atoms with van der Waals surface area (Å²) in [5, 5.41) is 0.909. The van der Waals surface area contributed by atoms with Crippen molar-refractivity contribution in [1.29, 1.82) is 0 Å². The molecule has 0 atom stereocenters. The van der Waals surface area contributed by atoms with E-state index in [2.05, 4.69) is 9.97 Å². The van der Waals surface area contributed by atoms with E-state index >= 15 is 0 Å². The number of carbonyl (C=O) groups excluding carboxylic acids is 1. The van der Waals surface area contributed by atoms with Crippen LogP contribution in [0.25, 0.3) is 20.4 Å². The lowest BCUT2D eigenvalue weighted by Crippen LogP contribution is -2.30. The van der Waals surface area contributed by atoms with E-state index in [1.165, 1.54) is 15.9 Å². The maximum atomic E-state index is 12.5. The molecule has 0 fully saturated rings. The zero-order valence-electron chi connectivity index (χ0n) is 11.9. The first-order valence-corrected chi connectivity index (χ1v) is 7.26. The molecule has 6 nitrogen and oxygen atoms in total. The Bertz CT molecular complexity index is 955. The van der Waals surface area contributed by atoms with Crippen LogP contribution in [0, 0.1) is 20.8 Å². The predicted molar refractivity (Wildman–Crippen MR) is 82.6 cm³/mol. The van der Waals surface area contributed by atoms with Crippen LogP contribution in [0.5, 0.6) is 0 Å². The highest BCUT2D eigenvalue weighted by Gasteiger charge is 2.17. The molecule has 0 aromatic carbocycles. The van der Waals surface area contributed by atoms with Crippen molar-refractivity contribution in [2.24, 2.45) is 5.73 Å². The summed E-state index contributed by atoms with van der Waals surface area (Å²) in [5.74, 6) is -0.0846. The lowest BCUT2D eigenvalue weighted by atomic mass is 10.1. The molecule has 2 N–H and O–H groups in total. The number of carbonyl (C=O) groups is 1. The Morgan fingerprint density at radius 3 is 2.71 bits per heavy atom. The molecule has 0 aliphatic carbocycles. The van der Waals surface area contributed by atoms with E-state index in [0.717, 1.165) is 21.5 Å². The van der Waals surface area contributed by atoms with Gasteiger partial charge in [-0.2, -0.15) is 0 Å². The highest BCUT2D eigenvalue weighted by molar-refractivity contribution is 7.25. The Kier molecular flexibility index (Phi) is 3.02. The van der Waals surface area contributed by atoms with Crippen LogP contribution in [0.4, 0.5) is 0 Å². The van der Waals surface area contributed by atoms with Crippen molar-refractivity contribution in [3.8, 4) is 0 Å². The molecule has 0 saturated heterocycles. The number of primary amides is 1. The summed E-state index contributed by atoms with van der Waals surface area (Å²) < 4.78 is 1.82. The molecular weight excluding hydrogens is 288 g/mol. The second-order valence-corrected chi connectivity index (χ2v) is 6.06. The van der Waals surface area contributed by atoms with Crippen molar-refractivity contribution in [1.82, 2.24) is 14.5 Å². The molecule has 21 heavy (non-hydrogen) atoms. The van der Waals surface area contributed by atoms with Gasteiger partial charge in [-0.15, -0.1) is 11.3 Å². The lowest BCUT2D eigenvalue weighted by molar-refractivity contribution is -0.118. The molecule has 0 bridgehead atoms. The number of amides is 1. The van der Waals surface area contributed by atoms with Crippen molar-refractivity contribution in [2.75, 3.05) is 0 Å². The third kappa shape index (κ3) is 2.09. The van der Waals surface area contributed by atoms with Gasteiger partial charge in [-0.05, 0) is 32.4 Å². The summed E-state index contributed by atoms with van der Waals surface area (Å²) >= 11 is 1.31. The standard InChI is InChI=1S/C14H14N4O2S/c1-6-4-7(2)16-13-10(6)11-12(21-13)14(20)18(5-9(15)19)8(3)17-11/h4H,5H2,1-3H3,(H2,15,19). The smallest absolute Gasteiger partial charge is 0.272 e. The average molecular weight is 302 g/mol. The van der Waals surface area contributed by atoms with Crippen molar-refractivity contribution in [3.63, 3.8) is 0 Å². The molecule has 0 unspecified atom stereocenters. The molecular formula is C14H14N4O2S. The normalized spacial score (nSPS) is 11.4. The highest BCUT2D eigenvalue weighted by atomic mass is 32.1. The molecule has 3 aromatic heterocycles. The number of thiophene rings is 1. The van der Waals surface area contributed by atoms with Crippen molar-refractivity contribution >= 4 is 37.7 Å². The molecule has 3 aromatic rings. The number of hydrogen-bond acceptors (Lipinski definition) is 5. The molecule has 0 spiro atoms. The molecule has 108 valence electrons. The van der Waals surface area contributed by atoms with Crippen molar-refractivity contribution in [2.45, 2.75) is 27.3 Å². The first kappa shape index (κ1) is 13.7. The van der Waals surface area contributed by atoms with Gasteiger partial charge in [-0.25, -0.2) is 9.97 Å². The fourth-order valence-corrected chi connectivity index (χ4v) is 3.69. The van der Waals surface area contributed by atoms with Crippen LogP contribution in [0.15, 0.2) is 10.9 Å². The number of aromatic nitrogens is 3. The van der Waals surface area contributed by atoms with Crippen LogP contribution in [0.3, 0.4) is 0 Å². The molecule has 1 amide bonds. The molecule has 0 radical (unpaired) electrons. The summed E-state index contributed by atoms with van der Waals surface area (Å²) in [7, 11) is 0. The molecule has 0 aliphatic heterocycles. The Labute approximate surface area is 124 Å². The molecule has 7 heteroatoms. The van der Waals surface area contributed by atoms with Gasteiger partial charge in [0, 0.05) is 11.1 Å². The van der Waals surface area contributed by atoms with E-state index in [1.54, 1.807) is 6.92 Å². The minimum atomic E-state index is -0.562. The van der Waals surface area contributed by atoms with Gasteiger partial charge in [0.1, 0.15) is 21.9 Å². The van der Waals surface area contributed by atoms with Gasteiger partial charge in [0.15, 0.2) is 0 Å². The third-order valence-electron chi connectivity index (χ3n) is 3.38. The maximum Gasteiger partial charge on any atom is 0.272 e. The molecule has 3 rings (SSSR count). The SMILES string of the molecule is Cc1cc(C)c2c(n1)sc1c(=O)n(CC(N)=O)c(C)nc12. The Morgan fingerprint density at radius 1 is 1.33 bits per heavy atom. The van der Waals surface area contributed by atoms with Gasteiger partial charge >= 0.3 is 0 Å². The first-order valence-electron chi connectivity index (χ1n) is 6.44. The second-order valence-electron chi connectivity index (χ2n) is 5.06. The predicted octanol–water partition coefficient (Wildman–Crippen LogP) is 1.42. The van der Waals surface area contributed by atoms with E-state index in [4.69, 9.17) is 5.73 Å². The molecule has 0 aliphatic rings. The summed E-state index contributed by atoms with van der Waals surface area (Å²) in [6.45, 7) is 5.44. The van der Waals surface area contributed by atoms with E-state index in [1.807, 2.05) is 19.9 Å². The number of pyridine rings is 1. The van der Waals surface area contributed by atoms with Crippen LogP contribution in [-0.4, -0.2) is 20.4 Å². The second kappa shape index (κ2) is 4.63. The Balaban J connectivity index is 2.46. The number of fused-ring (bicyclic) bond motifs is 3. The van der Waals surface area contributed by atoms with Crippen LogP contribution < -0.4 is 11.3 Å². The van der Waals surface area contributed by atoms with E-state index < -0.39 is 5.91 Å². The third-order valence-corrected chi connectivity index (χ3v) is 4.44. The highest BCUT2D eigenvalue weighted by Crippen LogP contribution is 2.31. The van der Waals surface area contributed by atoms with Crippen molar-refractivity contribution < 1.29 is 4.79 Å². The fraction of sp³-hybridized carbons (Fsp3) is 0.286. The number of nitrogens with two attached hydrogens (primary N) is 1. The molecule has 3 heterocycles. The maximum absolute atomic E-state index is 12.5. The van der Waals surface area contributed by atoms with E-state index in [0.29, 0.717) is 16.0 Å². The van der Waals surface area contributed by atoms with Crippen LogP contribution >= 0.6 is 11.3 Å². The lowest BCUT2D eigenvalue weighted by Gasteiger charge is -2.06. The zero-order chi connectivity index (χ0) is 15.3. The van der Waals surface area contributed by atoms with Crippen LogP contribution in [0.2, 0.25) is 0 Å². The van der Waals surface area contributed by atoms with Crippen LogP contribution in [-0.2, 0) is 11.3 Å². The monoisotopic (exact) mass is 302 g/mol. The van der Waals surface area contributed by atoms with Gasteiger partial charge in [0.25, 0.3) is 5.56 Å². The van der Waals surface area contributed by atoms with Crippen molar-refractivity contribution in [3.05, 3.63) is 33.5 Å². The summed E-state index contributed by atoms with van der Waals surface area (Å²) in [6.07, 6.45) is 0. The number of nitrogens with zero attached hydrogens (tertiary/aromatic N) is 3. The number of rotatable bonds is 2. The minimum Gasteiger partial charge on any atom is -0.368 e. The van der Waals surface area contributed by atoms with Crippen LogP contribution in [0.1, 0.15) is 17.1 Å². The van der Waals surface area contributed by atoms with E-state index in [9.17, 15) is 9.59 Å². The summed E-state index contributed by atoms with van der Waals surface area (Å²) in [5.41, 5.74) is 7.55. The van der Waals surface area contributed by atoms with Gasteiger partial charge in [-0.1, -0.05) is 0 Å². The quantitative estimate of drug-likeness (QED) is 0.775. The zero-order valence-corrected chi connectivity index (χ0v) is 12.7. The Hall–Kier alpha value is -2.28. The summed E-state index contributed by atoms with van der Waals surface area (Å²) in [4.78, 5) is 33.4. The number of aryl methyl sites for hydroxylation is 3. The van der Waals surface area contributed by atoms with E-state index in [-0.39, 0.29) is 12.1 Å².